The number of nitrogens with two attached hydrogens (primary N) is 1. The molecule has 0 aliphatic carbocycles. The standard InChI is InChI=1S/C13H25NO3/c1-13(2,3)11(14)8-12(15)17-9-10-6-4-5-7-16-10/h10-11H,4-9,14H2,1-3H3. The predicted octanol–water partition coefficient (Wildman–Crippen LogP) is 1.86. The highest BCUT2D eigenvalue weighted by atomic mass is 16.6. The molecule has 0 aromatic carbocycles. The zero-order valence-electron chi connectivity index (χ0n) is 11.2. The van der Waals surface area contributed by atoms with E-state index in [4.69, 9.17) is 15.2 Å². The van der Waals surface area contributed by atoms with Gasteiger partial charge < -0.3 is 15.2 Å². The van der Waals surface area contributed by atoms with Gasteiger partial charge in [-0.2, -0.15) is 0 Å². The van der Waals surface area contributed by atoms with Gasteiger partial charge >= 0.3 is 5.97 Å². The van der Waals surface area contributed by atoms with Crippen LogP contribution in [0.4, 0.5) is 0 Å². The van der Waals surface area contributed by atoms with Crippen LogP contribution in [0.25, 0.3) is 0 Å². The van der Waals surface area contributed by atoms with Gasteiger partial charge in [-0.05, 0) is 24.7 Å². The van der Waals surface area contributed by atoms with Crippen molar-refractivity contribution in [2.24, 2.45) is 11.1 Å². The van der Waals surface area contributed by atoms with Crippen LogP contribution in [-0.2, 0) is 14.3 Å². The van der Waals surface area contributed by atoms with Gasteiger partial charge in [0.2, 0.25) is 0 Å². The molecule has 0 amide bonds. The highest BCUT2D eigenvalue weighted by molar-refractivity contribution is 5.70. The molecule has 2 atom stereocenters. The van der Waals surface area contributed by atoms with Crippen molar-refractivity contribution in [3.8, 4) is 0 Å². The van der Waals surface area contributed by atoms with E-state index in [2.05, 4.69) is 0 Å². The Bertz CT molecular complexity index is 242. The minimum Gasteiger partial charge on any atom is -0.463 e. The second-order valence-corrected chi connectivity index (χ2v) is 5.85. The van der Waals surface area contributed by atoms with Crippen LogP contribution in [0.5, 0.6) is 0 Å². The SMILES string of the molecule is CC(C)(C)C(N)CC(=O)OCC1CCCCO1. The first kappa shape index (κ1) is 14.5. The average Bonchev–Trinajstić information content (AvgIpc) is 2.26. The van der Waals surface area contributed by atoms with Crippen molar-refractivity contribution in [2.45, 2.75) is 58.6 Å². The summed E-state index contributed by atoms with van der Waals surface area (Å²) in [5.41, 5.74) is 5.86. The molecule has 2 unspecified atom stereocenters. The summed E-state index contributed by atoms with van der Waals surface area (Å²) in [6.45, 7) is 7.22. The number of hydrogen-bond acceptors (Lipinski definition) is 4. The molecule has 0 bridgehead atoms. The molecule has 4 nitrogen and oxygen atoms in total. The van der Waals surface area contributed by atoms with E-state index in [1.165, 1.54) is 0 Å². The topological polar surface area (TPSA) is 61.6 Å². The molecule has 0 radical (unpaired) electrons. The van der Waals surface area contributed by atoms with Crippen molar-refractivity contribution in [1.82, 2.24) is 0 Å². The lowest BCUT2D eigenvalue weighted by Gasteiger charge is -2.27. The first-order valence-corrected chi connectivity index (χ1v) is 6.42. The lowest BCUT2D eigenvalue weighted by molar-refractivity contribution is -0.150. The van der Waals surface area contributed by atoms with E-state index in [0.29, 0.717) is 6.61 Å². The number of rotatable bonds is 4. The summed E-state index contributed by atoms with van der Waals surface area (Å²) in [5, 5.41) is 0. The minimum atomic E-state index is -0.221. The maximum atomic E-state index is 11.6. The van der Waals surface area contributed by atoms with Crippen molar-refractivity contribution in [2.75, 3.05) is 13.2 Å². The third-order valence-electron chi connectivity index (χ3n) is 3.20. The molecule has 100 valence electrons. The van der Waals surface area contributed by atoms with Crippen LogP contribution in [0, 0.1) is 5.41 Å². The van der Waals surface area contributed by atoms with Gasteiger partial charge in [-0.3, -0.25) is 4.79 Å². The van der Waals surface area contributed by atoms with Crippen LogP contribution >= 0.6 is 0 Å². The van der Waals surface area contributed by atoms with Gasteiger partial charge in [-0.15, -0.1) is 0 Å². The van der Waals surface area contributed by atoms with Crippen LogP contribution in [0.15, 0.2) is 0 Å². The number of hydrogen-bond donors (Lipinski definition) is 1. The zero-order chi connectivity index (χ0) is 12.9. The molecule has 1 aliphatic rings. The second kappa shape index (κ2) is 6.36. The Balaban J connectivity index is 2.20. The van der Waals surface area contributed by atoms with E-state index in [1.807, 2.05) is 20.8 Å². The van der Waals surface area contributed by atoms with E-state index in [0.717, 1.165) is 25.9 Å². The highest BCUT2D eigenvalue weighted by Gasteiger charge is 2.24. The summed E-state index contributed by atoms with van der Waals surface area (Å²) in [6, 6.07) is -0.165. The molecule has 0 aromatic rings. The first-order chi connectivity index (χ1) is 7.89. The highest BCUT2D eigenvalue weighted by Crippen LogP contribution is 2.20. The molecule has 1 fully saturated rings. The summed E-state index contributed by atoms with van der Waals surface area (Å²) in [4.78, 5) is 11.6. The second-order valence-electron chi connectivity index (χ2n) is 5.85. The van der Waals surface area contributed by atoms with Crippen molar-refractivity contribution < 1.29 is 14.3 Å². The van der Waals surface area contributed by atoms with Crippen LogP contribution in [0.2, 0.25) is 0 Å². The normalized spacial score (nSPS) is 23.2. The largest absolute Gasteiger partial charge is 0.463 e. The number of esters is 1. The predicted molar refractivity (Wildman–Crippen MR) is 66.6 cm³/mol. The average molecular weight is 243 g/mol. The summed E-state index contributed by atoms with van der Waals surface area (Å²) in [6.07, 6.45) is 3.61. The fraction of sp³-hybridized carbons (Fsp3) is 0.923. The summed E-state index contributed by atoms with van der Waals surface area (Å²) >= 11 is 0. The van der Waals surface area contributed by atoms with Gasteiger partial charge in [0.05, 0.1) is 12.5 Å². The summed E-state index contributed by atoms with van der Waals surface area (Å²) in [5.74, 6) is -0.221. The Labute approximate surface area is 104 Å². The molecule has 17 heavy (non-hydrogen) atoms. The van der Waals surface area contributed by atoms with Crippen molar-refractivity contribution in [3.63, 3.8) is 0 Å². The van der Waals surface area contributed by atoms with Gasteiger partial charge in [-0.25, -0.2) is 0 Å². The molecule has 4 heteroatoms. The van der Waals surface area contributed by atoms with Gasteiger partial charge in [-0.1, -0.05) is 20.8 Å². The fourth-order valence-electron chi connectivity index (χ4n) is 1.67. The van der Waals surface area contributed by atoms with E-state index in [-0.39, 0.29) is 30.0 Å². The van der Waals surface area contributed by atoms with Gasteiger partial charge in [0, 0.05) is 12.6 Å². The molecular formula is C13H25NO3. The fourth-order valence-corrected chi connectivity index (χ4v) is 1.67. The summed E-state index contributed by atoms with van der Waals surface area (Å²) < 4.78 is 10.7. The van der Waals surface area contributed by atoms with Crippen molar-refractivity contribution >= 4 is 5.97 Å². The minimum absolute atomic E-state index is 0.0691. The van der Waals surface area contributed by atoms with E-state index in [9.17, 15) is 4.79 Å². The Morgan fingerprint density at radius 2 is 2.18 bits per heavy atom. The number of ether oxygens (including phenoxy) is 2. The Morgan fingerprint density at radius 3 is 2.71 bits per heavy atom. The molecule has 1 heterocycles. The summed E-state index contributed by atoms with van der Waals surface area (Å²) in [7, 11) is 0. The molecule has 0 spiro atoms. The smallest absolute Gasteiger partial charge is 0.307 e. The third-order valence-corrected chi connectivity index (χ3v) is 3.20. The van der Waals surface area contributed by atoms with Crippen LogP contribution in [-0.4, -0.2) is 31.3 Å². The molecule has 0 aromatic heterocycles. The Hall–Kier alpha value is -0.610. The molecule has 1 saturated heterocycles. The van der Waals surface area contributed by atoms with Crippen LogP contribution < -0.4 is 5.73 Å². The number of carbonyl (C=O) groups is 1. The van der Waals surface area contributed by atoms with Crippen molar-refractivity contribution in [1.29, 1.82) is 0 Å². The number of carbonyl (C=O) groups excluding carboxylic acids is 1. The van der Waals surface area contributed by atoms with E-state index < -0.39 is 0 Å². The molecule has 0 saturated carbocycles. The quantitative estimate of drug-likeness (QED) is 0.766. The van der Waals surface area contributed by atoms with Gasteiger partial charge in [0.25, 0.3) is 0 Å². The maximum Gasteiger partial charge on any atom is 0.307 e. The molecule has 2 N–H and O–H groups in total. The van der Waals surface area contributed by atoms with E-state index in [1.54, 1.807) is 0 Å². The van der Waals surface area contributed by atoms with Crippen LogP contribution in [0.1, 0.15) is 46.5 Å². The van der Waals surface area contributed by atoms with Crippen molar-refractivity contribution in [3.05, 3.63) is 0 Å². The third kappa shape index (κ3) is 5.50. The van der Waals surface area contributed by atoms with Gasteiger partial charge in [0.15, 0.2) is 0 Å². The molecule has 1 aliphatic heterocycles. The molecular weight excluding hydrogens is 218 g/mol. The maximum absolute atomic E-state index is 11.6. The zero-order valence-corrected chi connectivity index (χ0v) is 11.2. The van der Waals surface area contributed by atoms with E-state index >= 15 is 0 Å². The monoisotopic (exact) mass is 243 g/mol. The molecule has 1 rings (SSSR count). The Kier molecular flexibility index (Phi) is 5.40. The Morgan fingerprint density at radius 1 is 1.47 bits per heavy atom. The van der Waals surface area contributed by atoms with Crippen LogP contribution in [0.3, 0.4) is 0 Å². The van der Waals surface area contributed by atoms with Gasteiger partial charge in [0.1, 0.15) is 6.61 Å². The lowest BCUT2D eigenvalue weighted by Crippen LogP contribution is -2.38. The lowest BCUT2D eigenvalue weighted by atomic mass is 9.85. The first-order valence-electron chi connectivity index (χ1n) is 6.42.